The first-order valence-corrected chi connectivity index (χ1v) is 8.28. The minimum Gasteiger partial charge on any atom is -0.476 e. The molecule has 0 aromatic carbocycles. The molecule has 0 fully saturated rings. The lowest BCUT2D eigenvalue weighted by atomic mass is 10.2. The molecule has 0 saturated heterocycles. The maximum absolute atomic E-state index is 11.8. The molecule has 2 aromatic rings. The summed E-state index contributed by atoms with van der Waals surface area (Å²) >= 11 is 9.45. The lowest BCUT2D eigenvalue weighted by molar-refractivity contribution is 0.261. The van der Waals surface area contributed by atoms with E-state index in [1.165, 1.54) is 4.68 Å². The summed E-state index contributed by atoms with van der Waals surface area (Å²) in [6.45, 7) is 5.14. The van der Waals surface area contributed by atoms with Crippen molar-refractivity contribution < 1.29 is 4.74 Å². The van der Waals surface area contributed by atoms with Gasteiger partial charge in [-0.1, -0.05) is 25.4 Å². The van der Waals surface area contributed by atoms with Crippen molar-refractivity contribution in [3.8, 4) is 5.88 Å². The smallest absolute Gasteiger partial charge is 0.282 e. The molecular weight excluding hydrogens is 384 g/mol. The van der Waals surface area contributed by atoms with Crippen molar-refractivity contribution in [1.82, 2.24) is 14.8 Å². The molecular formula is C15H18BrClN4O2. The summed E-state index contributed by atoms with van der Waals surface area (Å²) in [6, 6.07) is 1.79. The van der Waals surface area contributed by atoms with Crippen molar-refractivity contribution in [1.29, 1.82) is 0 Å². The molecule has 23 heavy (non-hydrogen) atoms. The average molecular weight is 402 g/mol. The maximum Gasteiger partial charge on any atom is 0.282 e. The van der Waals surface area contributed by atoms with Crippen molar-refractivity contribution >= 4 is 33.2 Å². The Balaban J connectivity index is 2.05. The van der Waals surface area contributed by atoms with Gasteiger partial charge < -0.3 is 10.1 Å². The van der Waals surface area contributed by atoms with E-state index in [1.54, 1.807) is 25.5 Å². The Hall–Kier alpha value is -1.60. The first kappa shape index (κ1) is 17.7. The van der Waals surface area contributed by atoms with Crippen molar-refractivity contribution in [2.45, 2.75) is 20.4 Å². The Morgan fingerprint density at radius 2 is 2.17 bits per heavy atom. The van der Waals surface area contributed by atoms with Crippen molar-refractivity contribution in [2.75, 3.05) is 11.9 Å². The summed E-state index contributed by atoms with van der Waals surface area (Å²) in [7, 11) is 1.59. The molecule has 0 amide bonds. The Bertz CT molecular complexity index is 749. The van der Waals surface area contributed by atoms with E-state index in [1.807, 2.05) is 0 Å². The van der Waals surface area contributed by atoms with E-state index in [4.69, 9.17) is 16.3 Å². The predicted molar refractivity (Wildman–Crippen MR) is 94.1 cm³/mol. The Morgan fingerprint density at radius 1 is 1.43 bits per heavy atom. The van der Waals surface area contributed by atoms with Crippen LogP contribution in [-0.4, -0.2) is 21.4 Å². The van der Waals surface area contributed by atoms with Gasteiger partial charge in [-0.25, -0.2) is 9.67 Å². The van der Waals surface area contributed by atoms with Crippen LogP contribution in [0, 0.1) is 5.92 Å². The van der Waals surface area contributed by atoms with E-state index >= 15 is 0 Å². The van der Waals surface area contributed by atoms with Crippen LogP contribution in [0.4, 0.5) is 5.69 Å². The summed E-state index contributed by atoms with van der Waals surface area (Å²) in [5.41, 5.74) is 1.28. The van der Waals surface area contributed by atoms with Crippen LogP contribution in [0.5, 0.6) is 5.88 Å². The Kier molecular flexibility index (Phi) is 6.01. The molecule has 8 heteroatoms. The number of hydrogen-bond donors (Lipinski definition) is 1. The number of aryl methyl sites for hydroxylation is 1. The van der Waals surface area contributed by atoms with Gasteiger partial charge >= 0.3 is 0 Å². The van der Waals surface area contributed by atoms with Crippen LogP contribution in [0.15, 0.2) is 27.7 Å². The number of nitrogens with one attached hydrogen (secondary N) is 1. The first-order valence-electron chi connectivity index (χ1n) is 7.11. The van der Waals surface area contributed by atoms with Crippen LogP contribution in [0.25, 0.3) is 0 Å². The molecule has 2 rings (SSSR count). The lowest BCUT2D eigenvalue weighted by Crippen LogP contribution is -2.21. The number of nitrogens with zero attached hydrogens (tertiary/aromatic N) is 3. The van der Waals surface area contributed by atoms with Gasteiger partial charge in [0.15, 0.2) is 0 Å². The SMILES string of the molecule is CC(C)COc1ncc(CNc2cnn(C)c(=O)c2Br)cc1Cl. The maximum atomic E-state index is 11.8. The molecule has 0 radical (unpaired) electrons. The van der Waals surface area contributed by atoms with Crippen molar-refractivity contribution in [2.24, 2.45) is 13.0 Å². The van der Waals surface area contributed by atoms with Crippen LogP contribution < -0.4 is 15.6 Å². The molecule has 0 bridgehead atoms. The Morgan fingerprint density at radius 3 is 2.83 bits per heavy atom. The van der Waals surface area contributed by atoms with Crippen LogP contribution in [0.2, 0.25) is 5.02 Å². The quantitative estimate of drug-likeness (QED) is 0.805. The molecule has 1 N–H and O–H groups in total. The van der Waals surface area contributed by atoms with Gasteiger partial charge in [0.1, 0.15) is 9.50 Å². The highest BCUT2D eigenvalue weighted by atomic mass is 79.9. The van der Waals surface area contributed by atoms with E-state index < -0.39 is 0 Å². The van der Waals surface area contributed by atoms with Gasteiger partial charge in [-0.15, -0.1) is 0 Å². The van der Waals surface area contributed by atoms with E-state index in [0.29, 0.717) is 40.1 Å². The normalized spacial score (nSPS) is 10.9. The second-order valence-electron chi connectivity index (χ2n) is 5.49. The standard InChI is InChI=1S/C15H18BrClN4O2/c1-9(2)8-23-14-11(17)4-10(6-19-14)5-18-12-7-20-21(3)15(22)13(12)16/h4,6-7,9,18H,5,8H2,1-3H3. The van der Waals surface area contributed by atoms with Gasteiger partial charge in [-0.3, -0.25) is 4.79 Å². The number of ether oxygens (including phenoxy) is 1. The second kappa shape index (κ2) is 7.79. The van der Waals surface area contributed by atoms with Crippen molar-refractivity contribution in [3.05, 3.63) is 43.9 Å². The molecule has 0 saturated carbocycles. The summed E-state index contributed by atoms with van der Waals surface area (Å²) in [4.78, 5) is 16.0. The summed E-state index contributed by atoms with van der Waals surface area (Å²) in [5.74, 6) is 0.834. The molecule has 0 aliphatic rings. The predicted octanol–water partition coefficient (Wildman–Crippen LogP) is 3.24. The minimum absolute atomic E-state index is 0.205. The number of rotatable bonds is 6. The monoisotopic (exact) mass is 400 g/mol. The number of pyridine rings is 1. The summed E-state index contributed by atoms with van der Waals surface area (Å²) < 4.78 is 7.23. The van der Waals surface area contributed by atoms with Gasteiger partial charge in [0, 0.05) is 19.8 Å². The molecule has 2 aromatic heterocycles. The highest BCUT2D eigenvalue weighted by Gasteiger charge is 2.09. The van der Waals surface area contributed by atoms with Gasteiger partial charge in [-0.05, 0) is 33.5 Å². The number of halogens is 2. The summed E-state index contributed by atoms with van der Waals surface area (Å²) in [5, 5.41) is 7.57. The van der Waals surface area contributed by atoms with Crippen molar-refractivity contribution in [3.63, 3.8) is 0 Å². The van der Waals surface area contributed by atoms with E-state index in [-0.39, 0.29) is 5.56 Å². The third-order valence-electron chi connectivity index (χ3n) is 2.98. The van der Waals surface area contributed by atoms with E-state index in [0.717, 1.165) is 5.56 Å². The molecule has 0 spiro atoms. The fourth-order valence-electron chi connectivity index (χ4n) is 1.74. The zero-order valence-electron chi connectivity index (χ0n) is 13.1. The molecule has 2 heterocycles. The molecule has 0 atom stereocenters. The van der Waals surface area contributed by atoms with Crippen LogP contribution in [-0.2, 0) is 13.6 Å². The van der Waals surface area contributed by atoms with E-state index in [2.05, 4.69) is 45.2 Å². The fourth-order valence-corrected chi connectivity index (χ4v) is 2.49. The molecule has 124 valence electrons. The molecule has 6 nitrogen and oxygen atoms in total. The third kappa shape index (κ3) is 4.68. The zero-order chi connectivity index (χ0) is 17.0. The van der Waals surface area contributed by atoms with Crippen LogP contribution in [0.1, 0.15) is 19.4 Å². The third-order valence-corrected chi connectivity index (χ3v) is 4.02. The average Bonchev–Trinajstić information content (AvgIpc) is 2.51. The van der Waals surface area contributed by atoms with Gasteiger partial charge in [-0.2, -0.15) is 5.10 Å². The van der Waals surface area contributed by atoms with Gasteiger partial charge in [0.2, 0.25) is 5.88 Å². The minimum atomic E-state index is -0.205. The summed E-state index contributed by atoms with van der Waals surface area (Å²) in [6.07, 6.45) is 3.28. The molecule has 0 unspecified atom stereocenters. The van der Waals surface area contributed by atoms with Crippen LogP contribution >= 0.6 is 27.5 Å². The van der Waals surface area contributed by atoms with Gasteiger partial charge in [0.25, 0.3) is 5.56 Å². The number of hydrogen-bond acceptors (Lipinski definition) is 5. The highest BCUT2D eigenvalue weighted by Crippen LogP contribution is 2.24. The van der Waals surface area contributed by atoms with Crippen LogP contribution in [0.3, 0.4) is 0 Å². The van der Waals surface area contributed by atoms with E-state index in [9.17, 15) is 4.79 Å². The number of aromatic nitrogens is 3. The lowest BCUT2D eigenvalue weighted by Gasteiger charge is -2.11. The largest absolute Gasteiger partial charge is 0.476 e. The topological polar surface area (TPSA) is 69.0 Å². The second-order valence-corrected chi connectivity index (χ2v) is 6.69. The zero-order valence-corrected chi connectivity index (χ0v) is 15.5. The molecule has 0 aliphatic carbocycles. The molecule has 0 aliphatic heterocycles. The Labute approximate surface area is 148 Å². The number of anilines is 1. The fraction of sp³-hybridized carbons (Fsp3) is 0.400. The first-order chi connectivity index (χ1) is 10.9. The van der Waals surface area contributed by atoms with Gasteiger partial charge in [0.05, 0.1) is 18.5 Å². The highest BCUT2D eigenvalue weighted by molar-refractivity contribution is 9.10.